The van der Waals surface area contributed by atoms with Crippen molar-refractivity contribution in [2.75, 3.05) is 6.61 Å². The van der Waals surface area contributed by atoms with Crippen LogP contribution in [0, 0.1) is 5.92 Å². The highest BCUT2D eigenvalue weighted by Crippen LogP contribution is 2.24. The van der Waals surface area contributed by atoms with Crippen LogP contribution in [-0.2, 0) is 9.53 Å². The monoisotopic (exact) mass is 287 g/mol. The third kappa shape index (κ3) is 3.32. The fourth-order valence-corrected chi connectivity index (χ4v) is 2.28. The molecule has 1 aromatic carbocycles. The van der Waals surface area contributed by atoms with Crippen LogP contribution in [0.2, 0.25) is 0 Å². The molecule has 0 aliphatic heterocycles. The molecule has 0 bridgehead atoms. The Labute approximate surface area is 124 Å². The first-order chi connectivity index (χ1) is 10.0. The van der Waals surface area contributed by atoms with Crippen molar-refractivity contribution in [1.29, 1.82) is 0 Å². The fourth-order valence-electron chi connectivity index (χ4n) is 2.28. The van der Waals surface area contributed by atoms with Gasteiger partial charge < -0.3 is 9.30 Å². The molecule has 0 aliphatic carbocycles. The van der Waals surface area contributed by atoms with E-state index in [1.54, 1.807) is 17.7 Å². The normalized spacial score (nSPS) is 12.6. The predicted molar refractivity (Wildman–Crippen MR) is 82.5 cm³/mol. The van der Waals surface area contributed by atoms with Gasteiger partial charge in [0.1, 0.15) is 6.04 Å². The highest BCUT2D eigenvalue weighted by molar-refractivity contribution is 5.98. The summed E-state index contributed by atoms with van der Waals surface area (Å²) < 4.78 is 7.12. The molecule has 0 fully saturated rings. The minimum atomic E-state index is -0.448. The highest BCUT2D eigenvalue weighted by Gasteiger charge is 2.19. The molecule has 1 heterocycles. The molecule has 0 saturated heterocycles. The molecule has 2 aromatic rings. The van der Waals surface area contributed by atoms with E-state index < -0.39 is 6.04 Å². The van der Waals surface area contributed by atoms with E-state index in [1.165, 1.54) is 0 Å². The standard InChI is InChI=1S/C17H21NO3/c1-12(2)8-9-21-17(20)13(3)18-10-14(11-19)15-6-4-5-7-16(15)18/h4-7,10-13H,8-9H2,1-3H3. The Morgan fingerprint density at radius 3 is 2.67 bits per heavy atom. The molecular formula is C17H21NO3. The van der Waals surface area contributed by atoms with Gasteiger partial charge in [0.15, 0.2) is 6.29 Å². The molecule has 0 saturated carbocycles. The van der Waals surface area contributed by atoms with Gasteiger partial charge in [-0.15, -0.1) is 0 Å². The second-order valence-electron chi connectivity index (χ2n) is 5.65. The van der Waals surface area contributed by atoms with E-state index in [2.05, 4.69) is 13.8 Å². The van der Waals surface area contributed by atoms with Gasteiger partial charge in [0.25, 0.3) is 0 Å². The number of ether oxygens (including phenoxy) is 1. The molecule has 1 unspecified atom stereocenters. The summed E-state index contributed by atoms with van der Waals surface area (Å²) in [6, 6.07) is 7.11. The maximum Gasteiger partial charge on any atom is 0.328 e. The van der Waals surface area contributed by atoms with Crippen LogP contribution in [0.4, 0.5) is 0 Å². The molecule has 1 aromatic heterocycles. The van der Waals surface area contributed by atoms with E-state index in [0.29, 0.717) is 18.1 Å². The number of para-hydroxylation sites is 1. The molecule has 0 N–H and O–H groups in total. The van der Waals surface area contributed by atoms with Crippen molar-refractivity contribution in [3.05, 3.63) is 36.0 Å². The van der Waals surface area contributed by atoms with Crippen LogP contribution in [0.15, 0.2) is 30.5 Å². The highest BCUT2D eigenvalue weighted by atomic mass is 16.5. The maximum absolute atomic E-state index is 12.1. The number of hydrogen-bond donors (Lipinski definition) is 0. The second-order valence-corrected chi connectivity index (χ2v) is 5.65. The lowest BCUT2D eigenvalue weighted by Crippen LogP contribution is -2.19. The van der Waals surface area contributed by atoms with Gasteiger partial charge in [-0.05, 0) is 25.3 Å². The SMILES string of the molecule is CC(C)CCOC(=O)C(C)n1cc(C=O)c2ccccc21. The Hall–Kier alpha value is -2.10. The number of aromatic nitrogens is 1. The smallest absolute Gasteiger partial charge is 0.328 e. The quantitative estimate of drug-likeness (QED) is 0.602. The summed E-state index contributed by atoms with van der Waals surface area (Å²) in [5, 5.41) is 0.856. The predicted octanol–water partition coefficient (Wildman–Crippen LogP) is 3.60. The van der Waals surface area contributed by atoms with Crippen LogP contribution in [0.1, 0.15) is 43.6 Å². The van der Waals surface area contributed by atoms with Gasteiger partial charge in [0.2, 0.25) is 0 Å². The zero-order chi connectivity index (χ0) is 15.4. The first kappa shape index (κ1) is 15.3. The molecule has 0 spiro atoms. The van der Waals surface area contributed by atoms with Crippen LogP contribution in [0.25, 0.3) is 10.9 Å². The van der Waals surface area contributed by atoms with E-state index in [0.717, 1.165) is 23.6 Å². The first-order valence-corrected chi connectivity index (χ1v) is 7.26. The lowest BCUT2D eigenvalue weighted by Gasteiger charge is -2.15. The second kappa shape index (κ2) is 6.57. The van der Waals surface area contributed by atoms with E-state index in [4.69, 9.17) is 4.74 Å². The van der Waals surface area contributed by atoms with Gasteiger partial charge in [-0.2, -0.15) is 0 Å². The molecule has 0 amide bonds. The van der Waals surface area contributed by atoms with Crippen molar-refractivity contribution < 1.29 is 14.3 Å². The van der Waals surface area contributed by atoms with Gasteiger partial charge in [-0.1, -0.05) is 32.0 Å². The van der Waals surface area contributed by atoms with Gasteiger partial charge in [-0.3, -0.25) is 4.79 Å². The summed E-state index contributed by atoms with van der Waals surface area (Å²) in [6.07, 6.45) is 3.38. The zero-order valence-corrected chi connectivity index (χ0v) is 12.7. The number of carbonyl (C=O) groups is 2. The zero-order valence-electron chi connectivity index (χ0n) is 12.7. The fraction of sp³-hybridized carbons (Fsp3) is 0.412. The number of benzene rings is 1. The summed E-state index contributed by atoms with van der Waals surface area (Å²) in [7, 11) is 0. The van der Waals surface area contributed by atoms with Crippen molar-refractivity contribution in [3.8, 4) is 0 Å². The summed E-state index contributed by atoms with van der Waals surface area (Å²) >= 11 is 0. The van der Waals surface area contributed by atoms with E-state index >= 15 is 0 Å². The third-order valence-electron chi connectivity index (χ3n) is 3.60. The number of aldehydes is 1. The van der Waals surface area contributed by atoms with Gasteiger partial charge >= 0.3 is 5.97 Å². The number of rotatable bonds is 6. The molecule has 2 rings (SSSR count). The molecule has 112 valence electrons. The van der Waals surface area contributed by atoms with Crippen molar-refractivity contribution in [2.45, 2.75) is 33.2 Å². The summed E-state index contributed by atoms with van der Waals surface area (Å²) in [4.78, 5) is 23.3. The number of nitrogens with zero attached hydrogens (tertiary/aromatic N) is 1. The number of fused-ring (bicyclic) bond motifs is 1. The van der Waals surface area contributed by atoms with Crippen molar-refractivity contribution >= 4 is 23.2 Å². The van der Waals surface area contributed by atoms with E-state index in [9.17, 15) is 9.59 Å². The Morgan fingerprint density at radius 2 is 2.00 bits per heavy atom. The van der Waals surface area contributed by atoms with Gasteiger partial charge in [-0.25, -0.2) is 4.79 Å². The molecule has 0 radical (unpaired) electrons. The van der Waals surface area contributed by atoms with Crippen molar-refractivity contribution in [1.82, 2.24) is 4.57 Å². The molecule has 0 aliphatic rings. The summed E-state index contributed by atoms with van der Waals surface area (Å²) in [5.41, 5.74) is 1.46. The van der Waals surface area contributed by atoms with Crippen molar-refractivity contribution in [3.63, 3.8) is 0 Å². The summed E-state index contributed by atoms with van der Waals surface area (Å²) in [5.74, 6) is 0.232. The number of esters is 1. The largest absolute Gasteiger partial charge is 0.464 e. The Morgan fingerprint density at radius 1 is 1.29 bits per heavy atom. The van der Waals surface area contributed by atoms with E-state index in [-0.39, 0.29) is 5.97 Å². The molecule has 1 atom stereocenters. The molecule has 4 heteroatoms. The van der Waals surface area contributed by atoms with Crippen LogP contribution in [-0.4, -0.2) is 23.4 Å². The van der Waals surface area contributed by atoms with Crippen LogP contribution < -0.4 is 0 Å². The average Bonchev–Trinajstić information content (AvgIpc) is 2.84. The first-order valence-electron chi connectivity index (χ1n) is 7.26. The van der Waals surface area contributed by atoms with Gasteiger partial charge in [0.05, 0.1) is 6.61 Å². The molecular weight excluding hydrogens is 266 g/mol. The number of carbonyl (C=O) groups excluding carboxylic acids is 2. The molecule has 4 nitrogen and oxygen atoms in total. The lowest BCUT2D eigenvalue weighted by atomic mass is 10.1. The molecule has 21 heavy (non-hydrogen) atoms. The van der Waals surface area contributed by atoms with Gasteiger partial charge in [0, 0.05) is 22.7 Å². The average molecular weight is 287 g/mol. The van der Waals surface area contributed by atoms with Crippen LogP contribution in [0.3, 0.4) is 0 Å². The Kier molecular flexibility index (Phi) is 4.78. The Bertz CT molecular complexity index is 643. The Balaban J connectivity index is 2.21. The van der Waals surface area contributed by atoms with Crippen LogP contribution >= 0.6 is 0 Å². The summed E-state index contributed by atoms with van der Waals surface area (Å²) in [6.45, 7) is 6.40. The minimum Gasteiger partial charge on any atom is -0.464 e. The number of hydrogen-bond acceptors (Lipinski definition) is 3. The lowest BCUT2D eigenvalue weighted by molar-refractivity contribution is -0.147. The minimum absolute atomic E-state index is 0.270. The van der Waals surface area contributed by atoms with Crippen LogP contribution in [0.5, 0.6) is 0 Å². The van der Waals surface area contributed by atoms with Crippen molar-refractivity contribution in [2.24, 2.45) is 5.92 Å². The topological polar surface area (TPSA) is 48.3 Å². The third-order valence-corrected chi connectivity index (χ3v) is 3.60. The maximum atomic E-state index is 12.1. The van der Waals surface area contributed by atoms with E-state index in [1.807, 2.05) is 24.3 Å².